The van der Waals surface area contributed by atoms with E-state index in [9.17, 15) is 4.79 Å². The molecule has 1 fully saturated rings. The summed E-state index contributed by atoms with van der Waals surface area (Å²) in [5.41, 5.74) is 7.44. The number of nitrogens with zero attached hydrogens (tertiary/aromatic N) is 3. The van der Waals surface area contributed by atoms with Gasteiger partial charge in [0.1, 0.15) is 5.56 Å². The number of carbonyl (C=O) groups is 1. The lowest BCUT2D eigenvalue weighted by Gasteiger charge is -2.18. The first kappa shape index (κ1) is 15.0. The Morgan fingerprint density at radius 1 is 1.65 bits per heavy atom. The highest BCUT2D eigenvalue weighted by Crippen LogP contribution is 2.22. The van der Waals surface area contributed by atoms with Gasteiger partial charge >= 0.3 is 5.97 Å². The summed E-state index contributed by atoms with van der Waals surface area (Å²) in [4.78, 5) is 14.2. The van der Waals surface area contributed by atoms with Crippen molar-refractivity contribution in [2.24, 2.45) is 18.7 Å². The van der Waals surface area contributed by atoms with Gasteiger partial charge in [0, 0.05) is 26.2 Å². The van der Waals surface area contributed by atoms with Crippen LogP contribution in [0.15, 0.2) is 6.20 Å². The summed E-state index contributed by atoms with van der Waals surface area (Å²) in [7, 11) is 1.86. The Bertz CT molecular complexity index is 470. The van der Waals surface area contributed by atoms with E-state index in [1.807, 2.05) is 14.0 Å². The van der Waals surface area contributed by atoms with Crippen LogP contribution in [0, 0.1) is 5.92 Å². The number of rotatable bonds is 5. The van der Waals surface area contributed by atoms with E-state index < -0.39 is 0 Å². The summed E-state index contributed by atoms with van der Waals surface area (Å²) in [6, 6.07) is 0.219. The Balaban J connectivity index is 2.06. The highest BCUT2D eigenvalue weighted by atomic mass is 16.5. The molecule has 0 radical (unpaired) electrons. The monoisotopic (exact) mass is 280 g/mol. The predicted molar refractivity (Wildman–Crippen MR) is 76.2 cm³/mol. The maximum Gasteiger partial charge on any atom is 0.341 e. The van der Waals surface area contributed by atoms with Gasteiger partial charge in [0.05, 0.1) is 18.5 Å². The van der Waals surface area contributed by atoms with Crippen molar-refractivity contribution in [3.63, 3.8) is 0 Å². The molecule has 20 heavy (non-hydrogen) atoms. The number of carbonyl (C=O) groups excluding carboxylic acids is 1. The molecule has 2 unspecified atom stereocenters. The zero-order valence-corrected chi connectivity index (χ0v) is 12.5. The Morgan fingerprint density at radius 2 is 2.40 bits per heavy atom. The Hall–Kier alpha value is -1.40. The molecule has 112 valence electrons. The van der Waals surface area contributed by atoms with E-state index in [1.54, 1.807) is 10.9 Å². The maximum atomic E-state index is 11.9. The van der Waals surface area contributed by atoms with Crippen LogP contribution in [0.5, 0.6) is 0 Å². The van der Waals surface area contributed by atoms with Gasteiger partial charge < -0.3 is 10.5 Å². The Kier molecular flexibility index (Phi) is 4.77. The Morgan fingerprint density at radius 3 is 3.00 bits per heavy atom. The second kappa shape index (κ2) is 6.37. The van der Waals surface area contributed by atoms with E-state index in [0.29, 0.717) is 24.6 Å². The first-order valence-corrected chi connectivity index (χ1v) is 7.18. The minimum absolute atomic E-state index is 0.219. The summed E-state index contributed by atoms with van der Waals surface area (Å²) < 4.78 is 6.83. The quantitative estimate of drug-likeness (QED) is 0.806. The predicted octanol–water partition coefficient (Wildman–Crippen LogP) is 0.766. The van der Waals surface area contributed by atoms with Gasteiger partial charge in [-0.3, -0.25) is 9.58 Å². The zero-order valence-electron chi connectivity index (χ0n) is 12.5. The Labute approximate surface area is 119 Å². The molecule has 0 amide bonds. The fourth-order valence-corrected chi connectivity index (χ4v) is 2.68. The molecule has 6 nitrogen and oxygen atoms in total. The van der Waals surface area contributed by atoms with Crippen LogP contribution < -0.4 is 5.73 Å². The molecule has 0 bridgehead atoms. The molecule has 6 heteroatoms. The molecule has 1 saturated heterocycles. The average Bonchev–Trinajstić information content (AvgIpc) is 2.99. The number of ether oxygens (including phenoxy) is 1. The number of hydrogen-bond donors (Lipinski definition) is 1. The van der Waals surface area contributed by atoms with Crippen molar-refractivity contribution in [1.82, 2.24) is 14.7 Å². The van der Waals surface area contributed by atoms with E-state index in [0.717, 1.165) is 25.2 Å². The third-order valence-electron chi connectivity index (χ3n) is 3.98. The summed E-state index contributed by atoms with van der Waals surface area (Å²) >= 11 is 0. The molecule has 2 rings (SSSR count). The van der Waals surface area contributed by atoms with Crippen molar-refractivity contribution in [3.05, 3.63) is 17.5 Å². The van der Waals surface area contributed by atoms with Gasteiger partial charge in [-0.05, 0) is 32.7 Å². The first-order valence-electron chi connectivity index (χ1n) is 7.18. The molecule has 1 aromatic heterocycles. The molecule has 1 aromatic rings. The van der Waals surface area contributed by atoms with Crippen LogP contribution in [0.4, 0.5) is 0 Å². The first-order chi connectivity index (χ1) is 9.52. The van der Waals surface area contributed by atoms with Gasteiger partial charge in [-0.2, -0.15) is 5.10 Å². The second-order valence-corrected chi connectivity index (χ2v) is 5.49. The lowest BCUT2D eigenvalue weighted by Crippen LogP contribution is -2.30. The van der Waals surface area contributed by atoms with Crippen LogP contribution in [-0.2, 0) is 18.3 Å². The smallest absolute Gasteiger partial charge is 0.341 e. The van der Waals surface area contributed by atoms with Gasteiger partial charge in [-0.1, -0.05) is 0 Å². The van der Waals surface area contributed by atoms with E-state index in [-0.39, 0.29) is 12.0 Å². The highest BCUT2D eigenvalue weighted by Gasteiger charge is 2.27. The van der Waals surface area contributed by atoms with Gasteiger partial charge in [0.25, 0.3) is 0 Å². The van der Waals surface area contributed by atoms with Crippen molar-refractivity contribution >= 4 is 5.97 Å². The third-order valence-corrected chi connectivity index (χ3v) is 3.98. The van der Waals surface area contributed by atoms with Gasteiger partial charge in [0.15, 0.2) is 0 Å². The van der Waals surface area contributed by atoms with E-state index in [2.05, 4.69) is 16.9 Å². The zero-order chi connectivity index (χ0) is 14.7. The molecule has 0 aromatic carbocycles. The molecular formula is C14H24N4O2. The van der Waals surface area contributed by atoms with Crippen molar-refractivity contribution in [2.45, 2.75) is 32.9 Å². The van der Waals surface area contributed by atoms with Crippen LogP contribution in [0.1, 0.15) is 36.3 Å². The van der Waals surface area contributed by atoms with E-state index >= 15 is 0 Å². The van der Waals surface area contributed by atoms with Crippen LogP contribution in [0.25, 0.3) is 0 Å². The minimum atomic E-state index is -0.293. The minimum Gasteiger partial charge on any atom is -0.462 e. The van der Waals surface area contributed by atoms with E-state index in [4.69, 9.17) is 10.5 Å². The molecular weight excluding hydrogens is 256 g/mol. The number of hydrogen-bond acceptors (Lipinski definition) is 5. The summed E-state index contributed by atoms with van der Waals surface area (Å²) in [6.45, 7) is 6.95. The maximum absolute atomic E-state index is 11.9. The van der Waals surface area contributed by atoms with Crippen molar-refractivity contribution in [2.75, 3.05) is 19.7 Å². The average molecular weight is 280 g/mol. The molecule has 1 aliphatic rings. The SMILES string of the molecule is CCOC(=O)c1cnn(C)c1CN1CCC(C(C)N)C1. The van der Waals surface area contributed by atoms with Crippen LogP contribution in [0.3, 0.4) is 0 Å². The summed E-state index contributed by atoms with van der Waals surface area (Å²) in [5.74, 6) is 0.243. The summed E-state index contributed by atoms with van der Waals surface area (Å²) in [5, 5.41) is 4.18. The van der Waals surface area contributed by atoms with Crippen LogP contribution >= 0.6 is 0 Å². The largest absolute Gasteiger partial charge is 0.462 e. The number of likely N-dealkylation sites (tertiary alicyclic amines) is 1. The van der Waals surface area contributed by atoms with Gasteiger partial charge in [-0.25, -0.2) is 4.79 Å². The van der Waals surface area contributed by atoms with Crippen LogP contribution in [-0.4, -0.2) is 46.4 Å². The summed E-state index contributed by atoms with van der Waals surface area (Å²) in [6.07, 6.45) is 2.71. The van der Waals surface area contributed by atoms with E-state index in [1.165, 1.54) is 0 Å². The molecule has 2 N–H and O–H groups in total. The lowest BCUT2D eigenvalue weighted by molar-refractivity contribution is 0.0523. The molecule has 1 aliphatic heterocycles. The number of esters is 1. The fraction of sp³-hybridized carbons (Fsp3) is 0.714. The van der Waals surface area contributed by atoms with Crippen molar-refractivity contribution in [1.29, 1.82) is 0 Å². The molecule has 2 heterocycles. The topological polar surface area (TPSA) is 73.4 Å². The van der Waals surface area contributed by atoms with Crippen LogP contribution in [0.2, 0.25) is 0 Å². The molecule has 2 atom stereocenters. The second-order valence-electron chi connectivity index (χ2n) is 5.49. The molecule has 0 saturated carbocycles. The highest BCUT2D eigenvalue weighted by molar-refractivity contribution is 5.90. The molecule has 0 aliphatic carbocycles. The number of aryl methyl sites for hydroxylation is 1. The van der Waals surface area contributed by atoms with Crippen molar-refractivity contribution < 1.29 is 9.53 Å². The number of aromatic nitrogens is 2. The fourth-order valence-electron chi connectivity index (χ4n) is 2.68. The standard InChI is InChI=1S/C14H24N4O2/c1-4-20-14(19)12-7-16-17(3)13(12)9-18-6-5-11(8-18)10(2)15/h7,10-11H,4-6,8-9,15H2,1-3H3. The normalized spacial score (nSPS) is 21.1. The lowest BCUT2D eigenvalue weighted by atomic mass is 10.0. The van der Waals surface area contributed by atoms with Crippen molar-refractivity contribution in [3.8, 4) is 0 Å². The molecule has 0 spiro atoms. The third kappa shape index (κ3) is 3.19. The van der Waals surface area contributed by atoms with Gasteiger partial charge in [-0.15, -0.1) is 0 Å². The number of nitrogens with two attached hydrogens (primary N) is 1. The van der Waals surface area contributed by atoms with Gasteiger partial charge in [0.2, 0.25) is 0 Å².